The number of fused-ring (bicyclic) bond motifs is 1. The first-order valence-electron chi connectivity index (χ1n) is 9.87. The average Bonchev–Trinajstić information content (AvgIpc) is 2.73. The number of hydrogen-bond donors (Lipinski definition) is 0. The molecule has 0 unspecified atom stereocenters. The molecule has 0 aliphatic carbocycles. The number of rotatable bonds is 5. The Morgan fingerprint density at radius 2 is 1.67 bits per heavy atom. The third-order valence-electron chi connectivity index (χ3n) is 5.10. The fourth-order valence-electron chi connectivity index (χ4n) is 3.65. The molecule has 0 amide bonds. The predicted octanol–water partition coefficient (Wildman–Crippen LogP) is 5.97. The summed E-state index contributed by atoms with van der Waals surface area (Å²) in [6, 6.07) is 19.3. The minimum atomic E-state index is -0.165. The summed E-state index contributed by atoms with van der Waals surface area (Å²) >= 11 is 0. The van der Waals surface area contributed by atoms with Gasteiger partial charge in [0.1, 0.15) is 17.9 Å². The molecule has 152 valence electrons. The molecule has 0 spiro atoms. The van der Waals surface area contributed by atoms with Crippen molar-refractivity contribution in [1.29, 1.82) is 0 Å². The van der Waals surface area contributed by atoms with Crippen molar-refractivity contribution in [3.8, 4) is 22.8 Å². The van der Waals surface area contributed by atoms with Gasteiger partial charge in [-0.3, -0.25) is 4.79 Å². The number of ether oxygens (including phenoxy) is 2. The monoisotopic (exact) mass is 400 g/mol. The van der Waals surface area contributed by atoms with Crippen LogP contribution in [-0.2, 0) is 6.61 Å². The molecule has 0 bridgehead atoms. The molecule has 3 aromatic carbocycles. The fourth-order valence-corrected chi connectivity index (χ4v) is 3.65. The first-order valence-corrected chi connectivity index (χ1v) is 9.87. The summed E-state index contributed by atoms with van der Waals surface area (Å²) in [7, 11) is 1.62. The molecule has 4 heteroatoms. The van der Waals surface area contributed by atoms with Gasteiger partial charge in [0, 0.05) is 5.56 Å². The van der Waals surface area contributed by atoms with E-state index in [1.54, 1.807) is 7.11 Å². The Hall–Kier alpha value is -3.53. The van der Waals surface area contributed by atoms with E-state index < -0.39 is 0 Å². The molecule has 0 atom stereocenters. The summed E-state index contributed by atoms with van der Waals surface area (Å²) in [5.41, 5.74) is 5.24. The van der Waals surface area contributed by atoms with Gasteiger partial charge in [-0.15, -0.1) is 0 Å². The quantitative estimate of drug-likeness (QED) is 0.414. The highest BCUT2D eigenvalue weighted by atomic mass is 16.5. The van der Waals surface area contributed by atoms with Gasteiger partial charge in [-0.2, -0.15) is 0 Å². The van der Waals surface area contributed by atoms with Gasteiger partial charge in [-0.1, -0.05) is 35.9 Å². The summed E-state index contributed by atoms with van der Waals surface area (Å²) in [6.45, 7) is 6.23. The number of aryl methyl sites for hydroxylation is 3. The molecule has 0 saturated heterocycles. The predicted molar refractivity (Wildman–Crippen MR) is 119 cm³/mol. The van der Waals surface area contributed by atoms with Gasteiger partial charge in [-0.05, 0) is 67.8 Å². The third-order valence-corrected chi connectivity index (χ3v) is 5.10. The van der Waals surface area contributed by atoms with Crippen LogP contribution >= 0.6 is 0 Å². The van der Waals surface area contributed by atoms with Crippen LogP contribution in [0.3, 0.4) is 0 Å². The molecule has 4 nitrogen and oxygen atoms in total. The molecule has 4 rings (SSSR count). The highest BCUT2D eigenvalue weighted by molar-refractivity contribution is 5.85. The summed E-state index contributed by atoms with van der Waals surface area (Å²) in [6.07, 6.45) is 0. The van der Waals surface area contributed by atoms with Crippen molar-refractivity contribution in [2.45, 2.75) is 27.4 Å². The average molecular weight is 400 g/mol. The van der Waals surface area contributed by atoms with E-state index in [1.807, 2.05) is 81.4 Å². The van der Waals surface area contributed by atoms with Crippen LogP contribution in [0.5, 0.6) is 11.5 Å². The molecule has 0 aliphatic rings. The molecule has 0 radical (unpaired) electrons. The van der Waals surface area contributed by atoms with E-state index in [2.05, 4.69) is 0 Å². The summed E-state index contributed by atoms with van der Waals surface area (Å²) in [4.78, 5) is 13.4. The molecule has 4 aromatic rings. The van der Waals surface area contributed by atoms with E-state index in [9.17, 15) is 4.79 Å². The Bertz CT molecular complexity index is 1270. The lowest BCUT2D eigenvalue weighted by Gasteiger charge is -2.14. The lowest BCUT2D eigenvalue weighted by molar-refractivity contribution is 0.297. The molecule has 0 aliphatic heterocycles. The Morgan fingerprint density at radius 1 is 0.900 bits per heavy atom. The molecule has 1 heterocycles. The maximum absolute atomic E-state index is 13.4. The smallest absolute Gasteiger partial charge is 0.235 e. The van der Waals surface area contributed by atoms with E-state index in [4.69, 9.17) is 13.9 Å². The maximum Gasteiger partial charge on any atom is 0.235 e. The van der Waals surface area contributed by atoms with Crippen molar-refractivity contribution in [3.05, 3.63) is 93.1 Å². The zero-order valence-electron chi connectivity index (χ0n) is 17.6. The van der Waals surface area contributed by atoms with Crippen LogP contribution in [0.2, 0.25) is 0 Å². The SMILES string of the molecule is COc1ccc(-c2oc3c(C)cc(C)cc3c(=O)c2OCc2cccc(C)c2)cc1. The van der Waals surface area contributed by atoms with Crippen LogP contribution in [-0.4, -0.2) is 7.11 Å². The number of benzene rings is 3. The van der Waals surface area contributed by atoms with Crippen molar-refractivity contribution >= 4 is 11.0 Å². The molecule has 0 saturated carbocycles. The molecular formula is C26H24O4. The zero-order valence-corrected chi connectivity index (χ0v) is 17.6. The van der Waals surface area contributed by atoms with Crippen LogP contribution in [0.1, 0.15) is 22.3 Å². The van der Waals surface area contributed by atoms with E-state index >= 15 is 0 Å². The van der Waals surface area contributed by atoms with Gasteiger partial charge in [0.05, 0.1) is 12.5 Å². The summed E-state index contributed by atoms with van der Waals surface area (Å²) in [5, 5.41) is 0.531. The maximum atomic E-state index is 13.4. The first kappa shape index (κ1) is 19.8. The molecule has 0 N–H and O–H groups in total. The highest BCUT2D eigenvalue weighted by Crippen LogP contribution is 2.33. The van der Waals surface area contributed by atoms with Gasteiger partial charge in [-0.25, -0.2) is 0 Å². The Morgan fingerprint density at radius 3 is 2.37 bits per heavy atom. The van der Waals surface area contributed by atoms with E-state index in [-0.39, 0.29) is 17.8 Å². The van der Waals surface area contributed by atoms with E-state index in [1.165, 1.54) is 0 Å². The highest BCUT2D eigenvalue weighted by Gasteiger charge is 2.19. The normalized spacial score (nSPS) is 10.9. The van der Waals surface area contributed by atoms with Crippen molar-refractivity contribution in [3.63, 3.8) is 0 Å². The van der Waals surface area contributed by atoms with Crippen LogP contribution in [0.15, 0.2) is 69.9 Å². The Labute approximate surface area is 175 Å². The van der Waals surface area contributed by atoms with Gasteiger partial charge < -0.3 is 13.9 Å². The van der Waals surface area contributed by atoms with Gasteiger partial charge in [0.15, 0.2) is 5.76 Å². The lowest BCUT2D eigenvalue weighted by Crippen LogP contribution is -2.11. The second-order valence-corrected chi connectivity index (χ2v) is 7.55. The summed E-state index contributed by atoms with van der Waals surface area (Å²) < 4.78 is 17.6. The van der Waals surface area contributed by atoms with E-state index in [0.717, 1.165) is 33.6 Å². The van der Waals surface area contributed by atoms with Crippen LogP contribution in [0.25, 0.3) is 22.3 Å². The molecule has 0 fully saturated rings. The largest absolute Gasteiger partial charge is 0.497 e. The standard InChI is InChI=1S/C26H24O4/c1-16-6-5-7-19(13-16)15-29-26-23(27)22-14-17(2)12-18(3)24(22)30-25(26)20-8-10-21(28-4)11-9-20/h5-14H,15H2,1-4H3. The number of methoxy groups -OCH3 is 1. The zero-order chi connectivity index (χ0) is 21.3. The van der Waals surface area contributed by atoms with Crippen molar-refractivity contribution in [1.82, 2.24) is 0 Å². The van der Waals surface area contributed by atoms with Gasteiger partial charge >= 0.3 is 0 Å². The van der Waals surface area contributed by atoms with Crippen LogP contribution in [0.4, 0.5) is 0 Å². The fraction of sp³-hybridized carbons (Fsp3) is 0.192. The Balaban J connectivity index is 1.88. The van der Waals surface area contributed by atoms with Crippen molar-refractivity contribution in [2.24, 2.45) is 0 Å². The van der Waals surface area contributed by atoms with E-state index in [0.29, 0.717) is 16.7 Å². The molecular weight excluding hydrogens is 376 g/mol. The Kier molecular flexibility index (Phi) is 5.32. The second kappa shape index (κ2) is 8.07. The van der Waals surface area contributed by atoms with Crippen LogP contribution in [0, 0.1) is 20.8 Å². The van der Waals surface area contributed by atoms with Crippen molar-refractivity contribution in [2.75, 3.05) is 7.11 Å². The second-order valence-electron chi connectivity index (χ2n) is 7.55. The minimum absolute atomic E-state index is 0.165. The molecule has 30 heavy (non-hydrogen) atoms. The third kappa shape index (κ3) is 3.81. The van der Waals surface area contributed by atoms with Crippen molar-refractivity contribution < 1.29 is 13.9 Å². The van der Waals surface area contributed by atoms with Gasteiger partial charge in [0.2, 0.25) is 11.2 Å². The minimum Gasteiger partial charge on any atom is -0.497 e. The lowest BCUT2D eigenvalue weighted by atomic mass is 10.1. The molecule has 1 aromatic heterocycles. The first-order chi connectivity index (χ1) is 14.5. The summed E-state index contributed by atoms with van der Waals surface area (Å²) in [5.74, 6) is 1.38. The topological polar surface area (TPSA) is 48.7 Å². The van der Waals surface area contributed by atoms with Crippen LogP contribution < -0.4 is 14.9 Å². The van der Waals surface area contributed by atoms with Gasteiger partial charge in [0.25, 0.3) is 0 Å². The number of hydrogen-bond acceptors (Lipinski definition) is 4.